The van der Waals surface area contributed by atoms with E-state index >= 15 is 0 Å². The fourth-order valence-electron chi connectivity index (χ4n) is 2.97. The molecule has 1 atom stereocenters. The molecule has 0 aliphatic carbocycles. The third-order valence-electron chi connectivity index (χ3n) is 4.43. The molecule has 1 aromatic rings. The van der Waals surface area contributed by atoms with Gasteiger partial charge in [0.2, 0.25) is 0 Å². The minimum Gasteiger partial charge on any atom is -0.494 e. The highest BCUT2D eigenvalue weighted by Crippen LogP contribution is 2.32. The fourth-order valence-corrected chi connectivity index (χ4v) is 2.97. The van der Waals surface area contributed by atoms with Crippen molar-refractivity contribution in [1.82, 2.24) is 9.91 Å². The molecule has 5 nitrogen and oxygen atoms in total. The van der Waals surface area contributed by atoms with Gasteiger partial charge < -0.3 is 14.4 Å². The van der Waals surface area contributed by atoms with E-state index in [0.717, 1.165) is 25.9 Å². The summed E-state index contributed by atoms with van der Waals surface area (Å²) < 4.78 is 38.7. The van der Waals surface area contributed by atoms with Gasteiger partial charge in [-0.2, -0.15) is 5.10 Å². The Bertz CT molecular complexity index is 580. The molecule has 0 fully saturated rings. The lowest BCUT2D eigenvalue weighted by atomic mass is 10.0. The van der Waals surface area contributed by atoms with Crippen molar-refractivity contribution >= 4 is 6.21 Å². The van der Waals surface area contributed by atoms with Gasteiger partial charge in [0.1, 0.15) is 0 Å². The van der Waals surface area contributed by atoms with Gasteiger partial charge in [-0.15, -0.1) is 0 Å². The van der Waals surface area contributed by atoms with E-state index < -0.39 is 11.6 Å². The SMILES string of the molecule is COc1cc(OC)c(F)c(CCCC2CC=NN2CCN(C)C)c1F. The number of hydrogen-bond donors (Lipinski definition) is 0. The lowest BCUT2D eigenvalue weighted by Crippen LogP contribution is -2.33. The van der Waals surface area contributed by atoms with Crippen LogP contribution < -0.4 is 9.47 Å². The molecular formula is C18H27F2N3O2. The van der Waals surface area contributed by atoms with Crippen LogP contribution in [0.25, 0.3) is 0 Å². The molecule has 0 saturated heterocycles. The Morgan fingerprint density at radius 2 is 1.84 bits per heavy atom. The highest BCUT2D eigenvalue weighted by Gasteiger charge is 2.23. The molecule has 7 heteroatoms. The van der Waals surface area contributed by atoms with Crippen molar-refractivity contribution in [1.29, 1.82) is 0 Å². The first-order chi connectivity index (χ1) is 12.0. The molecule has 0 radical (unpaired) electrons. The third kappa shape index (κ3) is 4.81. The first kappa shape index (κ1) is 19.4. The monoisotopic (exact) mass is 355 g/mol. The Kier molecular flexibility index (Phi) is 6.99. The average molecular weight is 355 g/mol. The summed E-state index contributed by atoms with van der Waals surface area (Å²) in [5.41, 5.74) is 0.0231. The minimum absolute atomic E-state index is 0.00468. The zero-order valence-corrected chi connectivity index (χ0v) is 15.4. The van der Waals surface area contributed by atoms with E-state index in [1.54, 1.807) is 0 Å². The molecule has 1 heterocycles. The van der Waals surface area contributed by atoms with Crippen molar-refractivity contribution in [3.63, 3.8) is 0 Å². The molecule has 140 valence electrons. The van der Waals surface area contributed by atoms with Gasteiger partial charge in [0.15, 0.2) is 23.1 Å². The van der Waals surface area contributed by atoms with Crippen molar-refractivity contribution in [3.8, 4) is 11.5 Å². The second-order valence-corrected chi connectivity index (χ2v) is 6.43. The largest absolute Gasteiger partial charge is 0.494 e. The van der Waals surface area contributed by atoms with Crippen LogP contribution in [0, 0.1) is 11.6 Å². The molecule has 1 aromatic carbocycles. The van der Waals surface area contributed by atoms with Gasteiger partial charge >= 0.3 is 0 Å². The van der Waals surface area contributed by atoms with Gasteiger partial charge in [0.05, 0.1) is 20.3 Å². The van der Waals surface area contributed by atoms with Crippen LogP contribution in [0.4, 0.5) is 8.78 Å². The molecule has 1 unspecified atom stereocenters. The zero-order chi connectivity index (χ0) is 18.4. The zero-order valence-electron chi connectivity index (χ0n) is 15.4. The molecule has 0 spiro atoms. The summed E-state index contributed by atoms with van der Waals surface area (Å²) in [5, 5.41) is 6.47. The molecule has 2 rings (SSSR count). The lowest BCUT2D eigenvalue weighted by Gasteiger charge is -2.25. The van der Waals surface area contributed by atoms with E-state index in [-0.39, 0.29) is 17.1 Å². The van der Waals surface area contributed by atoms with Crippen LogP contribution in [0.2, 0.25) is 0 Å². The number of hydrazone groups is 1. The fraction of sp³-hybridized carbons (Fsp3) is 0.611. The summed E-state index contributed by atoms with van der Waals surface area (Å²) in [7, 11) is 6.77. The Labute approximate surface area is 148 Å². The molecule has 0 amide bonds. The van der Waals surface area contributed by atoms with E-state index in [9.17, 15) is 8.78 Å². The van der Waals surface area contributed by atoms with Crippen LogP contribution in [-0.2, 0) is 6.42 Å². The maximum atomic E-state index is 14.4. The third-order valence-corrected chi connectivity index (χ3v) is 4.43. The van der Waals surface area contributed by atoms with E-state index in [4.69, 9.17) is 9.47 Å². The molecule has 0 saturated carbocycles. The number of nitrogens with zero attached hydrogens (tertiary/aromatic N) is 3. The Balaban J connectivity index is 1.97. The Morgan fingerprint density at radius 1 is 1.20 bits per heavy atom. The number of hydrogen-bond acceptors (Lipinski definition) is 5. The lowest BCUT2D eigenvalue weighted by molar-refractivity contribution is 0.196. The van der Waals surface area contributed by atoms with Crippen molar-refractivity contribution in [3.05, 3.63) is 23.3 Å². The van der Waals surface area contributed by atoms with Crippen molar-refractivity contribution < 1.29 is 18.3 Å². The number of halogens is 2. The molecule has 1 aliphatic rings. The molecule has 1 aliphatic heterocycles. The molecule has 0 aromatic heterocycles. The normalized spacial score (nSPS) is 16.8. The maximum Gasteiger partial charge on any atom is 0.171 e. The van der Waals surface area contributed by atoms with Crippen LogP contribution >= 0.6 is 0 Å². The summed E-state index contributed by atoms with van der Waals surface area (Å²) >= 11 is 0. The molecule has 0 N–H and O–H groups in total. The number of benzene rings is 1. The van der Waals surface area contributed by atoms with Gasteiger partial charge in [-0.25, -0.2) is 8.78 Å². The van der Waals surface area contributed by atoms with E-state index in [1.165, 1.54) is 20.3 Å². The minimum atomic E-state index is -0.645. The highest BCUT2D eigenvalue weighted by atomic mass is 19.1. The smallest absolute Gasteiger partial charge is 0.171 e. The topological polar surface area (TPSA) is 37.3 Å². The van der Waals surface area contributed by atoms with Crippen LogP contribution in [0.1, 0.15) is 24.8 Å². The van der Waals surface area contributed by atoms with Gasteiger partial charge in [-0.05, 0) is 33.4 Å². The second kappa shape index (κ2) is 8.99. The first-order valence-electron chi connectivity index (χ1n) is 8.50. The first-order valence-corrected chi connectivity index (χ1v) is 8.50. The van der Waals surface area contributed by atoms with Crippen molar-refractivity contribution in [2.75, 3.05) is 41.4 Å². The van der Waals surface area contributed by atoms with Crippen LogP contribution in [0.3, 0.4) is 0 Å². The number of ether oxygens (including phenoxy) is 2. The summed E-state index contributed by atoms with van der Waals surface area (Å²) in [6, 6.07) is 1.53. The second-order valence-electron chi connectivity index (χ2n) is 6.43. The quantitative estimate of drug-likeness (QED) is 0.683. The Hall–Kier alpha value is -1.89. The summed E-state index contributed by atoms with van der Waals surface area (Å²) in [6.07, 6.45) is 4.57. The average Bonchev–Trinajstić information content (AvgIpc) is 3.03. The van der Waals surface area contributed by atoms with Crippen LogP contribution in [0.5, 0.6) is 11.5 Å². The molecule has 25 heavy (non-hydrogen) atoms. The predicted molar refractivity (Wildman–Crippen MR) is 94.6 cm³/mol. The van der Waals surface area contributed by atoms with Gasteiger partial charge in [-0.3, -0.25) is 5.01 Å². The Morgan fingerprint density at radius 3 is 2.40 bits per heavy atom. The van der Waals surface area contributed by atoms with Gasteiger partial charge in [-0.1, -0.05) is 0 Å². The van der Waals surface area contributed by atoms with E-state index in [2.05, 4.69) is 15.0 Å². The number of rotatable bonds is 9. The summed E-state index contributed by atoms with van der Waals surface area (Å²) in [4.78, 5) is 2.11. The standard InChI is InChI=1S/C18H27F2N3O2/c1-22(2)10-11-23-13(8-9-21-23)6-5-7-14-17(19)15(24-3)12-16(25-4)18(14)20/h9,12-13H,5-8,10-11H2,1-4H3. The van der Waals surface area contributed by atoms with E-state index in [1.807, 2.05) is 20.3 Å². The predicted octanol–water partition coefficient (Wildman–Crippen LogP) is 2.93. The molecular weight excluding hydrogens is 328 g/mol. The van der Waals surface area contributed by atoms with Crippen LogP contribution in [-0.4, -0.2) is 63.6 Å². The maximum absolute atomic E-state index is 14.4. The summed E-state index contributed by atoms with van der Waals surface area (Å²) in [5.74, 6) is -1.28. The van der Waals surface area contributed by atoms with E-state index in [0.29, 0.717) is 18.9 Å². The van der Waals surface area contributed by atoms with Crippen molar-refractivity contribution in [2.24, 2.45) is 5.10 Å². The van der Waals surface area contributed by atoms with Gasteiger partial charge in [0.25, 0.3) is 0 Å². The van der Waals surface area contributed by atoms with Gasteiger partial charge in [0, 0.05) is 37.4 Å². The number of likely N-dealkylation sites (N-methyl/N-ethyl adjacent to an activating group) is 1. The van der Waals surface area contributed by atoms with Crippen LogP contribution in [0.15, 0.2) is 11.2 Å². The number of methoxy groups -OCH3 is 2. The molecule has 0 bridgehead atoms. The van der Waals surface area contributed by atoms with Crippen molar-refractivity contribution in [2.45, 2.75) is 31.7 Å². The summed E-state index contributed by atoms with van der Waals surface area (Å²) in [6.45, 7) is 1.77. The highest BCUT2D eigenvalue weighted by molar-refractivity contribution is 5.59.